The molecule has 2 rings (SSSR count). The van der Waals surface area contributed by atoms with Gasteiger partial charge in [0.05, 0.1) is 0 Å². The van der Waals surface area contributed by atoms with Crippen LogP contribution in [0.3, 0.4) is 0 Å². The van der Waals surface area contributed by atoms with Crippen molar-refractivity contribution in [3.05, 3.63) is 0 Å². The van der Waals surface area contributed by atoms with Crippen LogP contribution in [0.4, 0.5) is 0 Å². The molecule has 0 saturated heterocycles. The molecule has 2 atom stereocenters. The van der Waals surface area contributed by atoms with Gasteiger partial charge in [-0.1, -0.05) is 39.5 Å². The van der Waals surface area contributed by atoms with Crippen molar-refractivity contribution in [2.24, 2.45) is 11.8 Å². The maximum atomic E-state index is 11.9. The third-order valence-electron chi connectivity index (χ3n) is 4.94. The summed E-state index contributed by atoms with van der Waals surface area (Å²) in [5.74, 6) is 0.395. The van der Waals surface area contributed by atoms with Crippen molar-refractivity contribution in [2.45, 2.75) is 83.2 Å². The van der Waals surface area contributed by atoms with Gasteiger partial charge in [-0.25, -0.2) is 0 Å². The number of carboxylic acids is 1. The SMILES string of the molecule is CC1CC(C)CC(NC2CCCCCC2)(C(=O)O)C1. The summed E-state index contributed by atoms with van der Waals surface area (Å²) in [6.45, 7) is 4.39. The summed E-state index contributed by atoms with van der Waals surface area (Å²) in [5, 5.41) is 13.3. The molecule has 0 aromatic heterocycles. The Bertz CT molecular complexity index is 298. The topological polar surface area (TPSA) is 49.3 Å². The summed E-state index contributed by atoms with van der Waals surface area (Å²) < 4.78 is 0. The highest BCUT2D eigenvalue weighted by atomic mass is 16.4. The molecule has 0 spiro atoms. The Hall–Kier alpha value is -0.570. The minimum absolute atomic E-state index is 0.413. The normalized spacial score (nSPS) is 37.8. The molecule has 19 heavy (non-hydrogen) atoms. The van der Waals surface area contributed by atoms with Crippen LogP contribution in [0.2, 0.25) is 0 Å². The quantitative estimate of drug-likeness (QED) is 0.768. The van der Waals surface area contributed by atoms with Crippen molar-refractivity contribution >= 4 is 5.97 Å². The van der Waals surface area contributed by atoms with E-state index in [2.05, 4.69) is 19.2 Å². The van der Waals surface area contributed by atoms with E-state index in [1.54, 1.807) is 0 Å². The molecule has 0 aromatic carbocycles. The molecule has 0 aromatic rings. The van der Waals surface area contributed by atoms with Crippen molar-refractivity contribution < 1.29 is 9.90 Å². The number of carbonyl (C=O) groups is 1. The first kappa shape index (κ1) is 14.8. The molecule has 2 N–H and O–H groups in total. The molecule has 2 fully saturated rings. The monoisotopic (exact) mass is 267 g/mol. The fourth-order valence-electron chi connectivity index (χ4n) is 4.30. The predicted octanol–water partition coefficient (Wildman–Crippen LogP) is 3.58. The van der Waals surface area contributed by atoms with E-state index in [0.717, 1.165) is 25.7 Å². The molecule has 0 bridgehead atoms. The molecule has 2 aliphatic carbocycles. The molecule has 0 amide bonds. The lowest BCUT2D eigenvalue weighted by Crippen LogP contribution is -2.59. The molecule has 0 radical (unpaired) electrons. The molecule has 2 aliphatic rings. The Balaban J connectivity index is 2.07. The lowest BCUT2D eigenvalue weighted by Gasteiger charge is -2.42. The fraction of sp³-hybridized carbons (Fsp3) is 0.938. The van der Waals surface area contributed by atoms with Crippen molar-refractivity contribution in [2.75, 3.05) is 0 Å². The van der Waals surface area contributed by atoms with E-state index in [-0.39, 0.29) is 0 Å². The number of aliphatic carboxylic acids is 1. The van der Waals surface area contributed by atoms with E-state index in [1.165, 1.54) is 32.1 Å². The van der Waals surface area contributed by atoms with Gasteiger partial charge < -0.3 is 5.11 Å². The Kier molecular flexibility index (Phi) is 4.88. The number of hydrogen-bond donors (Lipinski definition) is 2. The van der Waals surface area contributed by atoms with Gasteiger partial charge in [0.25, 0.3) is 0 Å². The van der Waals surface area contributed by atoms with Crippen molar-refractivity contribution in [3.63, 3.8) is 0 Å². The predicted molar refractivity (Wildman–Crippen MR) is 77.2 cm³/mol. The van der Waals surface area contributed by atoms with Gasteiger partial charge in [0.1, 0.15) is 5.54 Å². The van der Waals surface area contributed by atoms with E-state index in [9.17, 15) is 9.90 Å². The van der Waals surface area contributed by atoms with Crippen LogP contribution in [-0.2, 0) is 4.79 Å². The number of carboxylic acid groups (broad SMARTS) is 1. The van der Waals surface area contributed by atoms with Gasteiger partial charge in [-0.05, 0) is 43.9 Å². The van der Waals surface area contributed by atoms with Crippen LogP contribution in [0.15, 0.2) is 0 Å². The number of rotatable bonds is 3. The lowest BCUT2D eigenvalue weighted by molar-refractivity contribution is -0.148. The van der Waals surface area contributed by atoms with Crippen molar-refractivity contribution in [3.8, 4) is 0 Å². The zero-order chi connectivity index (χ0) is 13.9. The van der Waals surface area contributed by atoms with Gasteiger partial charge in [0.15, 0.2) is 0 Å². The zero-order valence-corrected chi connectivity index (χ0v) is 12.5. The first-order valence-electron chi connectivity index (χ1n) is 8.03. The summed E-state index contributed by atoms with van der Waals surface area (Å²) in [4.78, 5) is 11.9. The second kappa shape index (κ2) is 6.25. The van der Waals surface area contributed by atoms with Gasteiger partial charge in [0, 0.05) is 6.04 Å². The average Bonchev–Trinajstić information content (AvgIpc) is 2.56. The minimum Gasteiger partial charge on any atom is -0.480 e. The largest absolute Gasteiger partial charge is 0.480 e. The molecule has 2 saturated carbocycles. The zero-order valence-electron chi connectivity index (χ0n) is 12.5. The van der Waals surface area contributed by atoms with Crippen LogP contribution in [0.5, 0.6) is 0 Å². The Labute approximate surface area is 117 Å². The second-order valence-electron chi connectivity index (χ2n) is 7.07. The van der Waals surface area contributed by atoms with Gasteiger partial charge in [-0.15, -0.1) is 0 Å². The molecule has 3 heteroatoms. The van der Waals surface area contributed by atoms with Crippen molar-refractivity contribution in [1.82, 2.24) is 5.32 Å². The summed E-state index contributed by atoms with van der Waals surface area (Å²) in [6, 6.07) is 0.413. The number of nitrogens with one attached hydrogen (secondary N) is 1. The molecule has 3 nitrogen and oxygen atoms in total. The molecule has 0 heterocycles. The Morgan fingerprint density at radius 1 is 1.05 bits per heavy atom. The van der Waals surface area contributed by atoms with E-state index in [4.69, 9.17) is 0 Å². The summed E-state index contributed by atoms with van der Waals surface area (Å²) in [5.41, 5.74) is -0.661. The van der Waals surface area contributed by atoms with E-state index >= 15 is 0 Å². The Morgan fingerprint density at radius 3 is 2.05 bits per heavy atom. The fourth-order valence-corrected chi connectivity index (χ4v) is 4.30. The lowest BCUT2D eigenvalue weighted by atomic mass is 9.71. The smallest absolute Gasteiger partial charge is 0.323 e. The Morgan fingerprint density at radius 2 is 1.58 bits per heavy atom. The second-order valence-corrected chi connectivity index (χ2v) is 7.07. The van der Waals surface area contributed by atoms with Gasteiger partial charge in [-0.2, -0.15) is 0 Å². The highest BCUT2D eigenvalue weighted by molar-refractivity contribution is 5.79. The molecule has 110 valence electrons. The molecular formula is C16H29NO2. The molecule has 0 aliphatic heterocycles. The summed E-state index contributed by atoms with van der Waals surface area (Å²) >= 11 is 0. The molecule has 2 unspecified atom stereocenters. The van der Waals surface area contributed by atoms with Crippen molar-refractivity contribution in [1.29, 1.82) is 0 Å². The van der Waals surface area contributed by atoms with Gasteiger partial charge in [0.2, 0.25) is 0 Å². The van der Waals surface area contributed by atoms with Crippen LogP contribution < -0.4 is 5.32 Å². The first-order chi connectivity index (χ1) is 9.02. The van der Waals surface area contributed by atoms with Crippen LogP contribution in [0, 0.1) is 11.8 Å². The number of hydrogen-bond acceptors (Lipinski definition) is 2. The highest BCUT2D eigenvalue weighted by Crippen LogP contribution is 2.37. The average molecular weight is 267 g/mol. The summed E-state index contributed by atoms with van der Waals surface area (Å²) in [7, 11) is 0. The third kappa shape index (κ3) is 3.71. The van der Waals surface area contributed by atoms with Crippen LogP contribution >= 0.6 is 0 Å². The van der Waals surface area contributed by atoms with E-state index in [1.807, 2.05) is 0 Å². The van der Waals surface area contributed by atoms with E-state index < -0.39 is 11.5 Å². The van der Waals surface area contributed by atoms with Gasteiger partial charge in [-0.3, -0.25) is 10.1 Å². The maximum absolute atomic E-state index is 11.9. The first-order valence-corrected chi connectivity index (χ1v) is 8.03. The maximum Gasteiger partial charge on any atom is 0.323 e. The molecular weight excluding hydrogens is 238 g/mol. The summed E-state index contributed by atoms with van der Waals surface area (Å²) in [6.07, 6.45) is 10.2. The standard InChI is InChI=1S/C16H29NO2/c1-12-9-13(2)11-16(10-12,15(18)19)17-14-7-5-3-4-6-8-14/h12-14,17H,3-11H2,1-2H3,(H,18,19). The van der Waals surface area contributed by atoms with Gasteiger partial charge >= 0.3 is 5.97 Å². The van der Waals surface area contributed by atoms with Crippen LogP contribution in [0.25, 0.3) is 0 Å². The van der Waals surface area contributed by atoms with E-state index in [0.29, 0.717) is 17.9 Å². The minimum atomic E-state index is -0.661. The van der Waals surface area contributed by atoms with Crippen LogP contribution in [-0.4, -0.2) is 22.7 Å². The highest BCUT2D eigenvalue weighted by Gasteiger charge is 2.45. The van der Waals surface area contributed by atoms with Crippen LogP contribution in [0.1, 0.15) is 71.6 Å². The third-order valence-corrected chi connectivity index (χ3v) is 4.94.